The van der Waals surface area contributed by atoms with Gasteiger partial charge in [-0.15, -0.1) is 0 Å². The molecule has 114 valence electrons. The van der Waals surface area contributed by atoms with Crippen LogP contribution < -0.4 is 10.5 Å². The minimum absolute atomic E-state index is 0.210. The molecule has 0 unspecified atom stereocenters. The Morgan fingerprint density at radius 3 is 2.68 bits per heavy atom. The number of rotatable bonds is 3. The highest BCUT2D eigenvalue weighted by atomic mass is 16.5. The lowest BCUT2D eigenvalue weighted by Gasteiger charge is -2.07. The lowest BCUT2D eigenvalue weighted by atomic mass is 10.00. The van der Waals surface area contributed by atoms with Gasteiger partial charge in [-0.3, -0.25) is 9.36 Å². The molecule has 0 aliphatic rings. The van der Waals surface area contributed by atoms with Crippen LogP contribution >= 0.6 is 0 Å². The summed E-state index contributed by atoms with van der Waals surface area (Å²) in [6, 6.07) is 3.27. The van der Waals surface area contributed by atoms with Crippen molar-refractivity contribution < 1.29 is 13.9 Å². The molecule has 0 fully saturated rings. The maximum atomic E-state index is 12.8. The molecule has 0 saturated heterocycles. The van der Waals surface area contributed by atoms with Gasteiger partial charge in [-0.05, 0) is 24.6 Å². The van der Waals surface area contributed by atoms with Crippen molar-refractivity contribution in [1.82, 2.24) is 14.3 Å². The fourth-order valence-corrected chi connectivity index (χ4v) is 2.64. The maximum absolute atomic E-state index is 12.8. The predicted octanol–water partition coefficient (Wildman–Crippen LogP) is 1.41. The third-order valence-electron chi connectivity index (χ3n) is 3.77. The SMILES string of the molecule is COc1c(C(=O)c2ccc3oc(=O)n(C)c3c2C)cnn1C. The summed E-state index contributed by atoms with van der Waals surface area (Å²) in [5.74, 6) is -0.273. The van der Waals surface area contributed by atoms with Crippen molar-refractivity contribution in [2.45, 2.75) is 6.92 Å². The molecule has 3 aromatic rings. The lowest BCUT2D eigenvalue weighted by molar-refractivity contribution is 0.103. The molecule has 0 aliphatic carbocycles. The van der Waals surface area contributed by atoms with Crippen LogP contribution in [-0.2, 0) is 14.1 Å². The molecule has 3 rings (SSSR count). The molecule has 0 bridgehead atoms. The Balaban J connectivity index is 2.21. The number of carbonyl (C=O) groups is 1. The third-order valence-corrected chi connectivity index (χ3v) is 3.77. The number of oxazole rings is 1. The highest BCUT2D eigenvalue weighted by Crippen LogP contribution is 2.26. The van der Waals surface area contributed by atoms with Gasteiger partial charge in [0.05, 0.1) is 18.8 Å². The van der Waals surface area contributed by atoms with Gasteiger partial charge in [0.25, 0.3) is 0 Å². The topological polar surface area (TPSA) is 79.3 Å². The highest BCUT2D eigenvalue weighted by molar-refractivity contribution is 6.12. The number of ether oxygens (including phenoxy) is 1. The molecule has 0 saturated carbocycles. The van der Waals surface area contributed by atoms with E-state index in [0.717, 1.165) is 0 Å². The lowest BCUT2D eigenvalue weighted by Crippen LogP contribution is -2.10. The zero-order valence-electron chi connectivity index (χ0n) is 12.7. The quantitative estimate of drug-likeness (QED) is 0.683. The van der Waals surface area contributed by atoms with Gasteiger partial charge in [-0.1, -0.05) is 0 Å². The van der Waals surface area contributed by atoms with Crippen LogP contribution in [-0.4, -0.2) is 27.2 Å². The molecule has 7 nitrogen and oxygen atoms in total. The minimum atomic E-state index is -0.457. The summed E-state index contributed by atoms with van der Waals surface area (Å²) >= 11 is 0. The molecule has 1 aromatic carbocycles. The van der Waals surface area contributed by atoms with Crippen LogP contribution in [0.4, 0.5) is 0 Å². The van der Waals surface area contributed by atoms with Gasteiger partial charge >= 0.3 is 5.76 Å². The van der Waals surface area contributed by atoms with Crippen LogP contribution in [0.2, 0.25) is 0 Å². The second kappa shape index (κ2) is 4.87. The molecule has 22 heavy (non-hydrogen) atoms. The van der Waals surface area contributed by atoms with E-state index in [1.54, 1.807) is 33.2 Å². The average Bonchev–Trinajstić information content (AvgIpc) is 3.00. The Labute approximate surface area is 125 Å². The number of aromatic nitrogens is 3. The summed E-state index contributed by atoms with van der Waals surface area (Å²) < 4.78 is 13.2. The molecule has 0 spiro atoms. The molecular formula is C15H15N3O4. The Morgan fingerprint density at radius 2 is 2.00 bits per heavy atom. The van der Waals surface area contributed by atoms with Gasteiger partial charge in [0.1, 0.15) is 5.56 Å². The van der Waals surface area contributed by atoms with Gasteiger partial charge in [0, 0.05) is 19.7 Å². The number of methoxy groups -OCH3 is 1. The fourth-order valence-electron chi connectivity index (χ4n) is 2.64. The maximum Gasteiger partial charge on any atom is 0.419 e. The van der Waals surface area contributed by atoms with E-state index in [9.17, 15) is 9.59 Å². The summed E-state index contributed by atoms with van der Waals surface area (Å²) in [6.07, 6.45) is 1.47. The summed E-state index contributed by atoms with van der Waals surface area (Å²) in [4.78, 5) is 24.4. The minimum Gasteiger partial charge on any atom is -0.481 e. The molecule has 0 radical (unpaired) electrons. The molecule has 2 heterocycles. The number of hydrogen-bond acceptors (Lipinski definition) is 5. The highest BCUT2D eigenvalue weighted by Gasteiger charge is 2.22. The molecule has 7 heteroatoms. The summed E-state index contributed by atoms with van der Waals surface area (Å²) in [5, 5.41) is 4.04. The first kappa shape index (κ1) is 14.1. The van der Waals surface area contributed by atoms with Crippen molar-refractivity contribution >= 4 is 16.9 Å². The number of nitrogens with zero attached hydrogens (tertiary/aromatic N) is 3. The van der Waals surface area contributed by atoms with Crippen LogP contribution in [0, 0.1) is 6.92 Å². The second-order valence-corrected chi connectivity index (χ2v) is 5.03. The molecule has 0 aliphatic heterocycles. The molecule has 2 aromatic heterocycles. The molecule has 0 amide bonds. The van der Waals surface area contributed by atoms with Crippen LogP contribution in [0.3, 0.4) is 0 Å². The van der Waals surface area contributed by atoms with Gasteiger partial charge < -0.3 is 9.15 Å². The number of ketones is 1. The van der Waals surface area contributed by atoms with Crippen molar-refractivity contribution in [3.63, 3.8) is 0 Å². The Morgan fingerprint density at radius 1 is 1.27 bits per heavy atom. The first-order valence-corrected chi connectivity index (χ1v) is 6.65. The van der Waals surface area contributed by atoms with E-state index < -0.39 is 5.76 Å². The van der Waals surface area contributed by atoms with Crippen LogP contribution in [0.15, 0.2) is 27.5 Å². The van der Waals surface area contributed by atoms with Gasteiger partial charge in [0.2, 0.25) is 5.88 Å². The van der Waals surface area contributed by atoms with E-state index in [0.29, 0.717) is 33.7 Å². The van der Waals surface area contributed by atoms with Crippen molar-refractivity contribution in [3.05, 3.63) is 45.6 Å². The summed E-state index contributed by atoms with van der Waals surface area (Å²) in [6.45, 7) is 1.79. The number of hydrogen-bond donors (Lipinski definition) is 0. The average molecular weight is 301 g/mol. The van der Waals surface area contributed by atoms with Crippen molar-refractivity contribution in [1.29, 1.82) is 0 Å². The Kier molecular flexibility index (Phi) is 3.13. The van der Waals surface area contributed by atoms with Gasteiger partial charge in [-0.2, -0.15) is 5.10 Å². The smallest absolute Gasteiger partial charge is 0.419 e. The largest absolute Gasteiger partial charge is 0.481 e. The molecular weight excluding hydrogens is 286 g/mol. The predicted molar refractivity (Wildman–Crippen MR) is 79.4 cm³/mol. The standard InChI is InChI=1S/C15H15N3O4/c1-8-9(5-6-11-12(8)17(2)15(20)22-11)13(19)10-7-16-18(3)14(10)21-4/h5-7H,1-4H3. The van der Waals surface area contributed by atoms with E-state index in [-0.39, 0.29) is 5.78 Å². The Hall–Kier alpha value is -2.83. The fraction of sp³-hybridized carbons (Fsp3) is 0.267. The summed E-state index contributed by atoms with van der Waals surface area (Å²) in [5.41, 5.74) is 2.61. The van der Waals surface area contributed by atoms with Crippen LogP contribution in [0.25, 0.3) is 11.1 Å². The van der Waals surface area contributed by atoms with Crippen molar-refractivity contribution in [2.75, 3.05) is 7.11 Å². The van der Waals surface area contributed by atoms with E-state index in [4.69, 9.17) is 9.15 Å². The van der Waals surface area contributed by atoms with E-state index >= 15 is 0 Å². The van der Waals surface area contributed by atoms with Gasteiger partial charge in [-0.25, -0.2) is 9.48 Å². The van der Waals surface area contributed by atoms with Crippen molar-refractivity contribution in [2.24, 2.45) is 14.1 Å². The monoisotopic (exact) mass is 301 g/mol. The first-order chi connectivity index (χ1) is 10.5. The van der Waals surface area contributed by atoms with Crippen molar-refractivity contribution in [3.8, 4) is 5.88 Å². The molecule has 0 N–H and O–H groups in total. The molecule has 0 atom stereocenters. The zero-order chi connectivity index (χ0) is 16.0. The number of carbonyl (C=O) groups excluding carboxylic acids is 1. The number of aryl methyl sites for hydroxylation is 3. The summed E-state index contributed by atoms with van der Waals surface area (Å²) in [7, 11) is 4.80. The normalized spacial score (nSPS) is 11.1. The van der Waals surface area contributed by atoms with Crippen LogP contribution in [0.1, 0.15) is 21.5 Å². The first-order valence-electron chi connectivity index (χ1n) is 6.65. The number of fused-ring (bicyclic) bond motifs is 1. The Bertz CT molecular complexity index is 946. The van der Waals surface area contributed by atoms with Gasteiger partial charge in [0.15, 0.2) is 11.4 Å². The van der Waals surface area contributed by atoms with E-state index in [1.807, 2.05) is 0 Å². The second-order valence-electron chi connectivity index (χ2n) is 5.03. The van der Waals surface area contributed by atoms with Crippen LogP contribution in [0.5, 0.6) is 5.88 Å². The van der Waals surface area contributed by atoms with E-state index in [2.05, 4.69) is 5.10 Å². The van der Waals surface area contributed by atoms with E-state index in [1.165, 1.54) is 22.6 Å². The third kappa shape index (κ3) is 1.86. The zero-order valence-corrected chi connectivity index (χ0v) is 12.7. The number of benzene rings is 1.